The van der Waals surface area contributed by atoms with Crippen LogP contribution in [-0.4, -0.2) is 50.0 Å². The van der Waals surface area contributed by atoms with Gasteiger partial charge in [0.05, 0.1) is 20.3 Å². The van der Waals surface area contributed by atoms with Crippen LogP contribution in [0.5, 0.6) is 17.2 Å². The van der Waals surface area contributed by atoms with Crippen LogP contribution in [0.4, 0.5) is 0 Å². The molecule has 142 valence electrons. The van der Waals surface area contributed by atoms with Crippen LogP contribution in [0, 0.1) is 0 Å². The Kier molecular flexibility index (Phi) is 5.96. The van der Waals surface area contributed by atoms with Gasteiger partial charge in [-0.1, -0.05) is 12.1 Å². The maximum atomic E-state index is 12.8. The lowest BCUT2D eigenvalue weighted by molar-refractivity contribution is -0.133. The van der Waals surface area contributed by atoms with Crippen LogP contribution in [0.25, 0.3) is 0 Å². The molecule has 6 nitrogen and oxygen atoms in total. The van der Waals surface area contributed by atoms with Crippen LogP contribution in [0.1, 0.15) is 23.2 Å². The van der Waals surface area contributed by atoms with E-state index in [1.807, 2.05) is 12.1 Å². The maximum Gasteiger partial charge on any atom is 0.261 e. The molecule has 2 aromatic rings. The summed E-state index contributed by atoms with van der Waals surface area (Å²) in [5.41, 5.74) is 0.575. The fourth-order valence-corrected chi connectivity index (χ4v) is 3.25. The minimum atomic E-state index is -0.452. The summed E-state index contributed by atoms with van der Waals surface area (Å²) in [5.74, 6) is 1.50. The SMILES string of the molecule is COc1ccc(C(=O)C2CCCN2C(=O)COc2ccccc2OC)cc1. The fraction of sp³-hybridized carbons (Fsp3) is 0.333. The van der Waals surface area contributed by atoms with E-state index in [2.05, 4.69) is 0 Å². The summed E-state index contributed by atoms with van der Waals surface area (Å²) in [4.78, 5) is 27.1. The zero-order valence-electron chi connectivity index (χ0n) is 15.5. The van der Waals surface area contributed by atoms with Gasteiger partial charge in [0, 0.05) is 12.1 Å². The molecule has 0 bridgehead atoms. The number of rotatable bonds is 7. The molecule has 1 fully saturated rings. The molecule has 0 aromatic heterocycles. The number of ether oxygens (including phenoxy) is 3. The molecule has 3 rings (SSSR count). The van der Waals surface area contributed by atoms with E-state index in [1.54, 1.807) is 55.5 Å². The zero-order chi connectivity index (χ0) is 19.2. The topological polar surface area (TPSA) is 65.1 Å². The lowest BCUT2D eigenvalue weighted by atomic mass is 10.0. The average Bonchev–Trinajstić information content (AvgIpc) is 3.21. The molecule has 1 aliphatic heterocycles. The second-order valence-electron chi connectivity index (χ2n) is 6.28. The highest BCUT2D eigenvalue weighted by molar-refractivity contribution is 6.02. The number of amides is 1. The predicted octanol–water partition coefficient (Wildman–Crippen LogP) is 2.96. The molecule has 2 aromatic carbocycles. The number of methoxy groups -OCH3 is 2. The standard InChI is InChI=1S/C21H23NO5/c1-25-16-11-9-15(10-12-16)21(24)17-6-5-13-22(17)20(23)14-27-19-8-4-3-7-18(19)26-2/h3-4,7-12,17H,5-6,13-14H2,1-2H3. The summed E-state index contributed by atoms with van der Waals surface area (Å²) in [5, 5.41) is 0. The van der Waals surface area contributed by atoms with E-state index in [1.165, 1.54) is 0 Å². The highest BCUT2D eigenvalue weighted by atomic mass is 16.5. The Bertz CT molecular complexity index is 802. The number of carbonyl (C=O) groups excluding carboxylic acids is 2. The molecule has 0 radical (unpaired) electrons. The normalized spacial score (nSPS) is 16.1. The van der Waals surface area contributed by atoms with Crippen LogP contribution in [-0.2, 0) is 4.79 Å². The molecule has 27 heavy (non-hydrogen) atoms. The Hall–Kier alpha value is -3.02. The number of carbonyl (C=O) groups is 2. The average molecular weight is 369 g/mol. The highest BCUT2D eigenvalue weighted by Gasteiger charge is 2.34. The number of nitrogens with zero attached hydrogens (tertiary/aromatic N) is 1. The van der Waals surface area contributed by atoms with Gasteiger partial charge < -0.3 is 19.1 Å². The van der Waals surface area contributed by atoms with Gasteiger partial charge in [0.25, 0.3) is 5.91 Å². The molecule has 6 heteroatoms. The van der Waals surface area contributed by atoms with E-state index in [0.717, 1.165) is 6.42 Å². The van der Waals surface area contributed by atoms with Gasteiger partial charge in [-0.3, -0.25) is 9.59 Å². The Labute approximate surface area is 158 Å². The second-order valence-corrected chi connectivity index (χ2v) is 6.28. The third kappa shape index (κ3) is 4.22. The van der Waals surface area contributed by atoms with E-state index in [-0.39, 0.29) is 18.3 Å². The van der Waals surface area contributed by atoms with E-state index >= 15 is 0 Å². The monoisotopic (exact) mass is 369 g/mol. The number of para-hydroxylation sites is 2. The van der Waals surface area contributed by atoms with Crippen molar-refractivity contribution < 1.29 is 23.8 Å². The van der Waals surface area contributed by atoms with Crippen molar-refractivity contribution in [2.24, 2.45) is 0 Å². The Morgan fingerprint density at radius 1 is 1.00 bits per heavy atom. The molecule has 0 spiro atoms. The first-order valence-electron chi connectivity index (χ1n) is 8.87. The lowest BCUT2D eigenvalue weighted by Crippen LogP contribution is -2.42. The Morgan fingerprint density at radius 3 is 2.37 bits per heavy atom. The third-order valence-electron chi connectivity index (χ3n) is 4.67. The van der Waals surface area contributed by atoms with Crippen molar-refractivity contribution in [2.45, 2.75) is 18.9 Å². The van der Waals surface area contributed by atoms with Gasteiger partial charge in [0.1, 0.15) is 5.75 Å². The summed E-state index contributed by atoms with van der Waals surface area (Å²) in [7, 11) is 3.13. The van der Waals surface area contributed by atoms with Gasteiger partial charge in [-0.05, 0) is 49.2 Å². The third-order valence-corrected chi connectivity index (χ3v) is 4.67. The van der Waals surface area contributed by atoms with Crippen LogP contribution >= 0.6 is 0 Å². The van der Waals surface area contributed by atoms with E-state index in [9.17, 15) is 9.59 Å². The Morgan fingerprint density at radius 2 is 1.70 bits per heavy atom. The molecule has 1 amide bonds. The van der Waals surface area contributed by atoms with Crippen molar-refractivity contribution in [3.63, 3.8) is 0 Å². The summed E-state index contributed by atoms with van der Waals surface area (Å²) in [6, 6.07) is 13.7. The number of benzene rings is 2. The van der Waals surface area contributed by atoms with Crippen LogP contribution in [0.15, 0.2) is 48.5 Å². The molecule has 0 aliphatic carbocycles. The first-order chi connectivity index (χ1) is 13.1. The quantitative estimate of drug-likeness (QED) is 0.702. The number of hydrogen-bond donors (Lipinski definition) is 0. The predicted molar refractivity (Wildman–Crippen MR) is 101 cm³/mol. The second kappa shape index (κ2) is 8.58. The van der Waals surface area contributed by atoms with Gasteiger partial charge in [-0.25, -0.2) is 0 Å². The first kappa shape index (κ1) is 18.8. The van der Waals surface area contributed by atoms with Crippen molar-refractivity contribution in [3.05, 3.63) is 54.1 Å². The largest absolute Gasteiger partial charge is 0.497 e. The highest BCUT2D eigenvalue weighted by Crippen LogP contribution is 2.27. The number of ketones is 1. The molecule has 1 aliphatic rings. The number of hydrogen-bond acceptors (Lipinski definition) is 5. The van der Waals surface area contributed by atoms with Crippen molar-refractivity contribution in [2.75, 3.05) is 27.4 Å². The van der Waals surface area contributed by atoms with Gasteiger partial charge in [-0.15, -0.1) is 0 Å². The molecular formula is C21H23NO5. The van der Waals surface area contributed by atoms with Crippen LogP contribution in [0.2, 0.25) is 0 Å². The molecule has 1 unspecified atom stereocenters. The lowest BCUT2D eigenvalue weighted by Gasteiger charge is -2.24. The summed E-state index contributed by atoms with van der Waals surface area (Å²) in [6.07, 6.45) is 1.46. The zero-order valence-corrected chi connectivity index (χ0v) is 15.5. The number of likely N-dealkylation sites (tertiary alicyclic amines) is 1. The van der Waals surface area contributed by atoms with Gasteiger partial charge in [0.15, 0.2) is 23.9 Å². The summed E-state index contributed by atoms with van der Waals surface area (Å²) in [6.45, 7) is 0.424. The smallest absolute Gasteiger partial charge is 0.261 e. The van der Waals surface area contributed by atoms with Crippen molar-refractivity contribution in [1.82, 2.24) is 4.90 Å². The van der Waals surface area contributed by atoms with Gasteiger partial charge in [0.2, 0.25) is 0 Å². The first-order valence-corrected chi connectivity index (χ1v) is 8.87. The molecule has 1 saturated heterocycles. The van der Waals surface area contributed by atoms with E-state index in [0.29, 0.717) is 35.8 Å². The van der Waals surface area contributed by atoms with Crippen LogP contribution < -0.4 is 14.2 Å². The van der Waals surface area contributed by atoms with Gasteiger partial charge in [-0.2, -0.15) is 0 Å². The fourth-order valence-electron chi connectivity index (χ4n) is 3.25. The minimum absolute atomic E-state index is 0.0548. The van der Waals surface area contributed by atoms with E-state index in [4.69, 9.17) is 14.2 Å². The molecule has 0 saturated carbocycles. The molecule has 1 atom stereocenters. The number of Topliss-reactive ketones (excluding diaryl/α,β-unsaturated/α-hetero) is 1. The van der Waals surface area contributed by atoms with Crippen LogP contribution in [0.3, 0.4) is 0 Å². The van der Waals surface area contributed by atoms with Crippen molar-refractivity contribution in [3.8, 4) is 17.2 Å². The molecule has 1 heterocycles. The molecular weight excluding hydrogens is 346 g/mol. The summed E-state index contributed by atoms with van der Waals surface area (Å²) < 4.78 is 16.0. The van der Waals surface area contributed by atoms with Gasteiger partial charge >= 0.3 is 0 Å². The van der Waals surface area contributed by atoms with E-state index < -0.39 is 6.04 Å². The van der Waals surface area contributed by atoms with Crippen molar-refractivity contribution in [1.29, 1.82) is 0 Å². The summed E-state index contributed by atoms with van der Waals surface area (Å²) >= 11 is 0. The Balaban J connectivity index is 1.66. The molecule has 0 N–H and O–H groups in total. The maximum absolute atomic E-state index is 12.8. The minimum Gasteiger partial charge on any atom is -0.497 e. The van der Waals surface area contributed by atoms with Crippen molar-refractivity contribution >= 4 is 11.7 Å².